The van der Waals surface area contributed by atoms with Crippen molar-refractivity contribution in [3.8, 4) is 22.6 Å². The lowest BCUT2D eigenvalue weighted by Crippen LogP contribution is -2.15. The molecule has 4 aromatic rings. The molecule has 0 aliphatic rings. The molecule has 29 heavy (non-hydrogen) atoms. The Morgan fingerprint density at radius 3 is 2.59 bits per heavy atom. The molecule has 3 heterocycles. The Bertz CT molecular complexity index is 1180. The van der Waals surface area contributed by atoms with Gasteiger partial charge in [-0.3, -0.25) is 4.79 Å². The van der Waals surface area contributed by atoms with Gasteiger partial charge in [-0.2, -0.15) is 5.10 Å². The lowest BCUT2D eigenvalue weighted by Gasteiger charge is -2.17. The molecule has 0 spiro atoms. The molecule has 0 unspecified atom stereocenters. The topological polar surface area (TPSA) is 91.1 Å². The summed E-state index contributed by atoms with van der Waals surface area (Å²) in [6.07, 6.45) is 3.45. The third-order valence-corrected chi connectivity index (χ3v) is 4.81. The minimum atomic E-state index is -0.662. The first kappa shape index (κ1) is 18.7. The quantitative estimate of drug-likeness (QED) is 0.541. The van der Waals surface area contributed by atoms with E-state index in [4.69, 9.17) is 5.73 Å². The van der Waals surface area contributed by atoms with Crippen LogP contribution in [0.5, 0.6) is 0 Å². The molecule has 0 saturated heterocycles. The molecule has 0 saturated carbocycles. The molecule has 1 atom stereocenters. The van der Waals surface area contributed by atoms with Crippen LogP contribution in [0.2, 0.25) is 0 Å². The highest BCUT2D eigenvalue weighted by Gasteiger charge is 2.22. The SMILES string of the molecule is CC[C@H](CF)n1cnc(-c2ccc(F)cc2)c1-c1ccc2ncc(C(N)=O)n2n1. The van der Waals surface area contributed by atoms with Crippen LogP contribution in [-0.2, 0) is 0 Å². The van der Waals surface area contributed by atoms with Gasteiger partial charge in [-0.15, -0.1) is 0 Å². The van der Waals surface area contributed by atoms with E-state index in [1.165, 1.54) is 22.8 Å². The maximum absolute atomic E-state index is 13.7. The van der Waals surface area contributed by atoms with Crippen LogP contribution in [0.1, 0.15) is 29.9 Å². The fraction of sp³-hybridized carbons (Fsp3) is 0.200. The van der Waals surface area contributed by atoms with Crippen molar-refractivity contribution in [1.82, 2.24) is 24.1 Å². The Morgan fingerprint density at radius 1 is 1.17 bits per heavy atom. The van der Waals surface area contributed by atoms with Gasteiger partial charge in [0.05, 0.1) is 30.0 Å². The molecular formula is C20H18F2N6O. The van der Waals surface area contributed by atoms with E-state index in [0.717, 1.165) is 0 Å². The normalized spacial score (nSPS) is 12.4. The molecule has 0 aliphatic carbocycles. The van der Waals surface area contributed by atoms with Gasteiger partial charge in [-0.25, -0.2) is 23.3 Å². The number of primary amides is 1. The number of nitrogens with zero attached hydrogens (tertiary/aromatic N) is 5. The average Bonchev–Trinajstić information content (AvgIpc) is 3.33. The van der Waals surface area contributed by atoms with Crippen LogP contribution < -0.4 is 5.73 Å². The van der Waals surface area contributed by atoms with Crippen LogP contribution >= 0.6 is 0 Å². The zero-order chi connectivity index (χ0) is 20.5. The Morgan fingerprint density at radius 2 is 1.93 bits per heavy atom. The monoisotopic (exact) mass is 396 g/mol. The summed E-state index contributed by atoms with van der Waals surface area (Å²) in [6.45, 7) is 1.30. The van der Waals surface area contributed by atoms with Gasteiger partial charge in [0.25, 0.3) is 5.91 Å². The zero-order valence-electron chi connectivity index (χ0n) is 15.6. The van der Waals surface area contributed by atoms with Gasteiger partial charge in [0.15, 0.2) is 5.65 Å². The fourth-order valence-electron chi connectivity index (χ4n) is 3.26. The average molecular weight is 396 g/mol. The maximum atomic E-state index is 13.7. The smallest absolute Gasteiger partial charge is 0.269 e. The Balaban J connectivity index is 1.96. The highest BCUT2D eigenvalue weighted by Crippen LogP contribution is 2.33. The number of carbonyl (C=O) groups is 1. The predicted octanol–water partition coefficient (Wildman–Crippen LogP) is 3.42. The molecule has 3 aromatic heterocycles. The van der Waals surface area contributed by atoms with Gasteiger partial charge >= 0.3 is 0 Å². The van der Waals surface area contributed by atoms with E-state index in [9.17, 15) is 13.6 Å². The molecule has 148 valence electrons. The minimum Gasteiger partial charge on any atom is -0.364 e. The number of aromatic nitrogens is 5. The largest absolute Gasteiger partial charge is 0.364 e. The van der Waals surface area contributed by atoms with Crippen molar-refractivity contribution in [3.63, 3.8) is 0 Å². The highest BCUT2D eigenvalue weighted by molar-refractivity contribution is 5.91. The van der Waals surface area contributed by atoms with E-state index in [-0.39, 0.29) is 11.5 Å². The zero-order valence-corrected chi connectivity index (χ0v) is 15.6. The second-order valence-electron chi connectivity index (χ2n) is 6.57. The standard InChI is InChI=1S/C20H18F2N6O/c1-2-14(9-21)27-11-25-18(12-3-5-13(22)6-4-12)19(27)15-7-8-17-24-10-16(20(23)29)28(17)26-15/h3-8,10-11,14H,2,9H2,1H3,(H2,23,29)/t14-/m1/s1. The second kappa shape index (κ2) is 7.42. The molecule has 0 radical (unpaired) electrons. The summed E-state index contributed by atoms with van der Waals surface area (Å²) in [6, 6.07) is 8.85. The van der Waals surface area contributed by atoms with Crippen molar-refractivity contribution in [2.75, 3.05) is 6.67 Å². The van der Waals surface area contributed by atoms with E-state index in [2.05, 4.69) is 15.1 Å². The summed E-state index contributed by atoms with van der Waals surface area (Å²) in [5.41, 5.74) is 8.21. The predicted molar refractivity (Wildman–Crippen MR) is 103 cm³/mol. The van der Waals surface area contributed by atoms with Crippen LogP contribution in [0.25, 0.3) is 28.3 Å². The number of carbonyl (C=O) groups excluding carboxylic acids is 1. The van der Waals surface area contributed by atoms with Gasteiger partial charge < -0.3 is 10.3 Å². The molecule has 1 aromatic carbocycles. The van der Waals surface area contributed by atoms with Crippen LogP contribution in [0, 0.1) is 5.82 Å². The van der Waals surface area contributed by atoms with E-state index < -0.39 is 18.6 Å². The van der Waals surface area contributed by atoms with Crippen molar-refractivity contribution >= 4 is 11.6 Å². The van der Waals surface area contributed by atoms with Crippen molar-refractivity contribution in [3.05, 3.63) is 60.4 Å². The van der Waals surface area contributed by atoms with Crippen LogP contribution in [-0.4, -0.2) is 36.7 Å². The number of alkyl halides is 1. The van der Waals surface area contributed by atoms with Gasteiger partial charge in [0.2, 0.25) is 0 Å². The number of hydrogen-bond donors (Lipinski definition) is 1. The number of halogens is 2. The number of fused-ring (bicyclic) bond motifs is 1. The van der Waals surface area contributed by atoms with Crippen molar-refractivity contribution in [1.29, 1.82) is 0 Å². The first-order chi connectivity index (χ1) is 14.0. The molecule has 0 aliphatic heterocycles. The molecule has 1 amide bonds. The highest BCUT2D eigenvalue weighted by atomic mass is 19.1. The summed E-state index contributed by atoms with van der Waals surface area (Å²) in [5.74, 6) is -1.03. The van der Waals surface area contributed by atoms with Crippen molar-refractivity contribution in [2.24, 2.45) is 5.73 Å². The molecule has 4 rings (SSSR count). The number of imidazole rings is 2. The van der Waals surface area contributed by atoms with Gasteiger partial charge in [-0.05, 0) is 42.8 Å². The molecule has 0 fully saturated rings. The molecule has 0 bridgehead atoms. The number of nitrogens with two attached hydrogens (primary N) is 1. The van der Waals surface area contributed by atoms with E-state index in [0.29, 0.717) is 34.7 Å². The number of rotatable bonds is 6. The molecular weight excluding hydrogens is 378 g/mol. The Kier molecular flexibility index (Phi) is 4.79. The number of benzene rings is 1. The van der Waals surface area contributed by atoms with Crippen LogP contribution in [0.15, 0.2) is 48.9 Å². The lowest BCUT2D eigenvalue weighted by atomic mass is 10.1. The van der Waals surface area contributed by atoms with Crippen molar-refractivity contribution < 1.29 is 13.6 Å². The molecule has 9 heteroatoms. The Hall–Kier alpha value is -3.62. The first-order valence-corrected chi connectivity index (χ1v) is 9.07. The van der Waals surface area contributed by atoms with E-state index in [1.807, 2.05) is 6.92 Å². The van der Waals surface area contributed by atoms with E-state index in [1.54, 1.807) is 35.2 Å². The molecule has 2 N–H and O–H groups in total. The third kappa shape index (κ3) is 3.24. The second-order valence-corrected chi connectivity index (χ2v) is 6.57. The number of hydrogen-bond acceptors (Lipinski definition) is 4. The summed E-state index contributed by atoms with van der Waals surface area (Å²) in [5, 5.41) is 4.51. The first-order valence-electron chi connectivity index (χ1n) is 9.07. The third-order valence-electron chi connectivity index (χ3n) is 4.81. The van der Waals surface area contributed by atoms with Crippen LogP contribution in [0.3, 0.4) is 0 Å². The van der Waals surface area contributed by atoms with Gasteiger partial charge in [0, 0.05) is 5.56 Å². The fourth-order valence-corrected chi connectivity index (χ4v) is 3.26. The summed E-state index contributed by atoms with van der Waals surface area (Å²) >= 11 is 0. The summed E-state index contributed by atoms with van der Waals surface area (Å²) in [7, 11) is 0. The van der Waals surface area contributed by atoms with Crippen LogP contribution in [0.4, 0.5) is 8.78 Å². The lowest BCUT2D eigenvalue weighted by molar-refractivity contribution is 0.0993. The van der Waals surface area contributed by atoms with E-state index >= 15 is 0 Å². The number of amides is 1. The minimum absolute atomic E-state index is 0.133. The summed E-state index contributed by atoms with van der Waals surface area (Å²) < 4.78 is 30.1. The van der Waals surface area contributed by atoms with Crippen molar-refractivity contribution in [2.45, 2.75) is 19.4 Å². The Labute approximate surface area is 164 Å². The van der Waals surface area contributed by atoms with Gasteiger partial charge in [0.1, 0.15) is 23.9 Å². The van der Waals surface area contributed by atoms with Gasteiger partial charge in [-0.1, -0.05) is 6.92 Å². The maximum Gasteiger partial charge on any atom is 0.269 e. The molecule has 7 nitrogen and oxygen atoms in total. The summed E-state index contributed by atoms with van der Waals surface area (Å²) in [4.78, 5) is 20.3.